The Balaban J connectivity index is 0.711. The van der Waals surface area contributed by atoms with Crippen molar-refractivity contribution in [1.82, 2.24) is 25.5 Å². The highest BCUT2D eigenvalue weighted by molar-refractivity contribution is 7.13. The van der Waals surface area contributed by atoms with Crippen LogP contribution in [0.1, 0.15) is 147 Å². The van der Waals surface area contributed by atoms with E-state index in [4.69, 9.17) is 9.47 Å². The summed E-state index contributed by atoms with van der Waals surface area (Å²) < 4.78 is 41.1. The molecule has 3 aromatic carbocycles. The van der Waals surface area contributed by atoms with Crippen LogP contribution in [-0.2, 0) is 25.7 Å². The zero-order valence-corrected chi connectivity index (χ0v) is 45.6. The van der Waals surface area contributed by atoms with Gasteiger partial charge >= 0.3 is 0 Å². The van der Waals surface area contributed by atoms with Crippen LogP contribution in [0.4, 0.5) is 14.5 Å². The van der Waals surface area contributed by atoms with E-state index in [-0.39, 0.29) is 50.0 Å². The number of aromatic nitrogens is 2. The Kier molecular flexibility index (Phi) is 18.8. The number of aliphatic hydroxyl groups excluding tert-OH is 1. The number of aryl methyl sites for hydroxylation is 1. The van der Waals surface area contributed by atoms with E-state index in [1.165, 1.54) is 11.0 Å². The molecule has 2 saturated carbocycles. The minimum Gasteiger partial charge on any atom is -0.494 e. The highest BCUT2D eigenvalue weighted by atomic mass is 32.1. The molecule has 0 unspecified atom stereocenters. The van der Waals surface area contributed by atoms with Gasteiger partial charge < -0.3 is 35.4 Å². The monoisotopic (exact) mass is 1060 g/mol. The van der Waals surface area contributed by atoms with Gasteiger partial charge in [0.1, 0.15) is 29.4 Å². The molecular weight excluding hydrogens is 987 g/mol. The smallest absolute Gasteiger partial charge is 0.258 e. The van der Waals surface area contributed by atoms with Gasteiger partial charge in [-0.2, -0.15) is 0 Å². The van der Waals surface area contributed by atoms with E-state index in [1.807, 2.05) is 74.1 Å². The predicted octanol–water partition coefficient (Wildman–Crippen LogP) is 11.5. The number of anilines is 1. The number of halogens is 2. The minimum absolute atomic E-state index is 0.0260. The number of thiazole rings is 1. The number of carbonyl (C=O) groups excluding carboxylic acids is 4. The van der Waals surface area contributed by atoms with Gasteiger partial charge in [-0.15, -0.1) is 11.3 Å². The number of likely N-dealkylation sites (tertiary alicyclic amines) is 1. The molecule has 1 aliphatic heterocycles. The number of nitrogens with one attached hydrogen (secondary N) is 3. The third-order valence-electron chi connectivity index (χ3n) is 15.6. The number of pyridine rings is 1. The van der Waals surface area contributed by atoms with Crippen molar-refractivity contribution in [2.45, 2.75) is 167 Å². The molecule has 3 heterocycles. The highest BCUT2D eigenvalue weighted by Crippen LogP contribution is 2.42. The zero-order chi connectivity index (χ0) is 54.0. The quantitative estimate of drug-likeness (QED) is 0.0439. The van der Waals surface area contributed by atoms with Gasteiger partial charge in [0.15, 0.2) is 5.67 Å². The second-order valence-corrected chi connectivity index (χ2v) is 23.3. The molecule has 408 valence electrons. The Hall–Kier alpha value is -6.00. The van der Waals surface area contributed by atoms with Crippen LogP contribution in [-0.4, -0.2) is 87.2 Å². The van der Waals surface area contributed by atoms with Gasteiger partial charge in [-0.05, 0) is 141 Å². The lowest BCUT2D eigenvalue weighted by atomic mass is 9.73. The number of carbonyl (C=O) groups is 4. The van der Waals surface area contributed by atoms with Crippen LogP contribution in [0.2, 0.25) is 0 Å². The van der Waals surface area contributed by atoms with E-state index in [1.54, 1.807) is 44.2 Å². The van der Waals surface area contributed by atoms with Gasteiger partial charge in [0, 0.05) is 48.3 Å². The molecule has 3 aliphatic rings. The third kappa shape index (κ3) is 14.5. The average Bonchev–Trinajstić information content (AvgIpc) is 3.85. The first-order valence-electron chi connectivity index (χ1n) is 27.5. The third-order valence-corrected chi connectivity index (χ3v) is 16.6. The number of unbranched alkanes of at least 4 members (excludes halogenated alkanes) is 7. The predicted molar refractivity (Wildman–Crippen MR) is 293 cm³/mol. The molecule has 0 spiro atoms. The minimum atomic E-state index is -1.96. The Labute approximate surface area is 450 Å². The summed E-state index contributed by atoms with van der Waals surface area (Å²) in [5.74, 6) is -0.0722. The van der Waals surface area contributed by atoms with Crippen LogP contribution < -0.4 is 25.4 Å². The normalized spacial score (nSPS) is 19.9. The molecule has 13 nitrogen and oxygen atoms in total. The maximum absolute atomic E-state index is 14.7. The Bertz CT molecular complexity index is 2790. The van der Waals surface area contributed by atoms with Gasteiger partial charge in [0.05, 0.1) is 40.9 Å². The van der Waals surface area contributed by atoms with Crippen LogP contribution in [0.25, 0.3) is 21.3 Å². The van der Waals surface area contributed by atoms with Crippen LogP contribution in [0.15, 0.2) is 78.4 Å². The van der Waals surface area contributed by atoms with Gasteiger partial charge in [-0.1, -0.05) is 78.4 Å². The Morgan fingerprint density at radius 3 is 2.21 bits per heavy atom. The van der Waals surface area contributed by atoms with Crippen molar-refractivity contribution in [2.75, 3.05) is 25.1 Å². The van der Waals surface area contributed by atoms with Gasteiger partial charge in [0.25, 0.3) is 5.91 Å². The molecule has 16 heteroatoms. The van der Waals surface area contributed by atoms with Gasteiger partial charge in [0.2, 0.25) is 17.7 Å². The van der Waals surface area contributed by atoms with E-state index in [0.717, 1.165) is 127 Å². The van der Waals surface area contributed by atoms with Crippen molar-refractivity contribution in [3.05, 3.63) is 101 Å². The molecule has 3 fully saturated rings. The number of nitrogens with zero attached hydrogens (tertiary/aromatic N) is 3. The number of rotatable bonds is 24. The van der Waals surface area contributed by atoms with E-state index < -0.39 is 47.0 Å². The van der Waals surface area contributed by atoms with Crippen molar-refractivity contribution in [3.8, 4) is 21.9 Å². The van der Waals surface area contributed by atoms with E-state index in [9.17, 15) is 33.1 Å². The first kappa shape index (κ1) is 56.2. The molecule has 4 N–H and O–H groups in total. The van der Waals surface area contributed by atoms with Crippen molar-refractivity contribution in [3.63, 3.8) is 0 Å². The molecule has 5 aromatic rings. The van der Waals surface area contributed by atoms with Gasteiger partial charge in [-0.25, -0.2) is 13.8 Å². The fourth-order valence-corrected chi connectivity index (χ4v) is 11.5. The number of alkyl halides is 1. The lowest BCUT2D eigenvalue weighted by Crippen LogP contribution is -2.59. The largest absolute Gasteiger partial charge is 0.494 e. The summed E-state index contributed by atoms with van der Waals surface area (Å²) in [6.07, 6.45) is 13.4. The van der Waals surface area contributed by atoms with Crippen LogP contribution >= 0.6 is 11.3 Å². The molecule has 0 bridgehead atoms. The first-order chi connectivity index (χ1) is 36.5. The van der Waals surface area contributed by atoms with Crippen molar-refractivity contribution < 1.29 is 42.5 Å². The van der Waals surface area contributed by atoms with Crippen LogP contribution in [0.5, 0.6) is 11.5 Å². The van der Waals surface area contributed by atoms with Crippen LogP contribution in [0.3, 0.4) is 0 Å². The second-order valence-electron chi connectivity index (χ2n) is 22.4. The standard InChI is InChI=1S/C60H76F2N6O7S/c1-38(40-14-16-41(17-15-40)48-26-29-63-50-25-20-44(61)33-49(48)50)55(70)66-45-21-23-47(24-22-45)74-30-12-10-8-6-7-9-11-13-31-75-52-32-42(53-39(2)65-37-76-53)18-19-43(52)35-64-56(71)51-34-46(69)36-68(51)57(72)54(59(3,4)5)67-58(73)60(62)27-28-60/h18-26,29,32-33,37-38,40-41,46,51,54,69H,6-17,27-28,30-31,34-36H2,1-5H3,(H,64,71)(H,66,70)(H,67,73)/t38-,40?,41?,46-,51+,54-/m1/s1. The lowest BCUT2D eigenvalue weighted by molar-refractivity contribution is -0.145. The molecule has 1 saturated heterocycles. The molecule has 4 amide bonds. The van der Waals surface area contributed by atoms with Crippen molar-refractivity contribution >= 4 is 51.6 Å². The van der Waals surface area contributed by atoms with E-state index in [0.29, 0.717) is 30.8 Å². The first-order valence-corrected chi connectivity index (χ1v) is 28.4. The fraction of sp³-hybridized carbons (Fsp3) is 0.533. The topological polar surface area (TPSA) is 172 Å². The van der Waals surface area contributed by atoms with Crippen molar-refractivity contribution in [1.29, 1.82) is 0 Å². The SMILES string of the molecule is Cc1ncsc1-c1ccc(CNC(=O)[C@@H]2C[C@@H](O)CN2C(=O)[C@@H](NC(=O)C2(F)CC2)C(C)(C)C)c(OCCCCCCCCCCOc2ccc(NC(=O)[C@H](C)C3CCC(c4ccnc5ccc(F)cc45)CC3)cc2)c1. The number of fused-ring (bicyclic) bond motifs is 1. The molecule has 0 radical (unpaired) electrons. The van der Waals surface area contributed by atoms with Crippen LogP contribution in [0, 0.1) is 30.0 Å². The molecule has 2 aromatic heterocycles. The number of hydrogen-bond acceptors (Lipinski definition) is 10. The summed E-state index contributed by atoms with van der Waals surface area (Å²) >= 11 is 1.55. The molecule has 2 aliphatic carbocycles. The summed E-state index contributed by atoms with van der Waals surface area (Å²) in [6.45, 7) is 10.5. The maximum Gasteiger partial charge on any atom is 0.258 e. The fourth-order valence-electron chi connectivity index (χ4n) is 10.7. The Morgan fingerprint density at radius 1 is 0.868 bits per heavy atom. The maximum atomic E-state index is 14.7. The number of benzene rings is 3. The number of aliphatic hydroxyl groups is 1. The molecule has 8 rings (SSSR count). The van der Waals surface area contributed by atoms with E-state index >= 15 is 0 Å². The summed E-state index contributed by atoms with van der Waals surface area (Å²) in [5.41, 5.74) is 4.45. The van der Waals surface area contributed by atoms with Gasteiger partial charge in [-0.3, -0.25) is 24.2 Å². The Morgan fingerprint density at radius 2 is 1.55 bits per heavy atom. The summed E-state index contributed by atoms with van der Waals surface area (Å²) in [6, 6.07) is 18.3. The zero-order valence-electron chi connectivity index (χ0n) is 44.8. The summed E-state index contributed by atoms with van der Waals surface area (Å²) in [5, 5.41) is 20.2. The van der Waals surface area contributed by atoms with Crippen molar-refractivity contribution in [2.24, 2.45) is 17.3 Å². The number of amides is 4. The summed E-state index contributed by atoms with van der Waals surface area (Å²) in [7, 11) is 0. The highest BCUT2D eigenvalue weighted by Gasteiger charge is 2.53. The number of hydrogen-bond donors (Lipinski definition) is 4. The lowest BCUT2D eigenvalue weighted by Gasteiger charge is -2.35. The summed E-state index contributed by atoms with van der Waals surface area (Å²) in [4.78, 5) is 64.9. The second kappa shape index (κ2) is 25.4. The molecule has 4 atom stereocenters. The number of ether oxygens (including phenoxy) is 2. The van der Waals surface area contributed by atoms with E-state index in [2.05, 4.69) is 25.9 Å². The number of β-amino-alcohol motifs (C(OH)–C–C–N with tert-alkyl or cyclic N) is 1. The molecular formula is C60H76F2N6O7S. The average molecular weight is 1060 g/mol. The molecule has 76 heavy (non-hydrogen) atoms.